The van der Waals surface area contributed by atoms with E-state index in [9.17, 15) is 0 Å². The highest BCUT2D eigenvalue weighted by atomic mass is 35.5. The summed E-state index contributed by atoms with van der Waals surface area (Å²) in [5.41, 5.74) is 3.15. The van der Waals surface area contributed by atoms with Crippen molar-refractivity contribution in [1.29, 1.82) is 0 Å². The van der Waals surface area contributed by atoms with E-state index in [4.69, 9.17) is 27.9 Å². The lowest BCUT2D eigenvalue weighted by Crippen LogP contribution is -1.95. The number of ether oxygens (including phenoxy) is 1. The molecule has 0 aliphatic carbocycles. The van der Waals surface area contributed by atoms with Gasteiger partial charge in [-0.2, -0.15) is 0 Å². The first-order valence-corrected chi connectivity index (χ1v) is 6.21. The SMILES string of the molecule is Clc1ccc2c(c1)C(Cl)c1ccccc1CO2. The number of alkyl halides is 1. The average Bonchev–Trinajstić information content (AvgIpc) is 2.49. The molecule has 86 valence electrons. The average molecular weight is 265 g/mol. The van der Waals surface area contributed by atoms with Crippen LogP contribution in [0.25, 0.3) is 0 Å². The van der Waals surface area contributed by atoms with Crippen LogP contribution in [-0.2, 0) is 6.61 Å². The van der Waals surface area contributed by atoms with Crippen molar-refractivity contribution in [1.82, 2.24) is 0 Å². The van der Waals surface area contributed by atoms with E-state index in [1.165, 1.54) is 0 Å². The molecular formula is C14H10Cl2O. The van der Waals surface area contributed by atoms with Gasteiger partial charge in [0, 0.05) is 10.6 Å². The standard InChI is InChI=1S/C14H10Cl2O/c15-10-5-6-13-12(7-10)14(16)11-4-2-1-3-9(11)8-17-13/h1-7,14H,8H2. The largest absolute Gasteiger partial charge is 0.489 e. The van der Waals surface area contributed by atoms with E-state index in [1.807, 2.05) is 42.5 Å². The molecule has 2 aromatic carbocycles. The molecule has 0 fully saturated rings. The van der Waals surface area contributed by atoms with Crippen molar-refractivity contribution in [3.8, 4) is 5.75 Å². The van der Waals surface area contributed by atoms with Gasteiger partial charge in [-0.25, -0.2) is 0 Å². The Hall–Kier alpha value is -1.18. The van der Waals surface area contributed by atoms with Crippen LogP contribution in [0.4, 0.5) is 0 Å². The van der Waals surface area contributed by atoms with E-state index < -0.39 is 0 Å². The zero-order valence-electron chi connectivity index (χ0n) is 8.99. The Kier molecular flexibility index (Phi) is 2.73. The van der Waals surface area contributed by atoms with Gasteiger partial charge in [0.05, 0.1) is 5.38 Å². The fourth-order valence-corrected chi connectivity index (χ4v) is 2.65. The molecule has 2 aromatic rings. The summed E-state index contributed by atoms with van der Waals surface area (Å²) in [7, 11) is 0. The monoisotopic (exact) mass is 264 g/mol. The van der Waals surface area contributed by atoms with E-state index in [0.29, 0.717) is 11.6 Å². The molecule has 17 heavy (non-hydrogen) atoms. The van der Waals surface area contributed by atoms with Gasteiger partial charge in [0.15, 0.2) is 0 Å². The highest BCUT2D eigenvalue weighted by Gasteiger charge is 2.22. The summed E-state index contributed by atoms with van der Waals surface area (Å²) in [6, 6.07) is 13.6. The van der Waals surface area contributed by atoms with Crippen LogP contribution in [0.2, 0.25) is 5.02 Å². The molecule has 1 heterocycles. The van der Waals surface area contributed by atoms with Crippen LogP contribution in [0.5, 0.6) is 5.75 Å². The molecule has 0 amide bonds. The smallest absolute Gasteiger partial charge is 0.124 e. The third-order valence-corrected chi connectivity index (χ3v) is 3.66. The summed E-state index contributed by atoms with van der Waals surface area (Å²) >= 11 is 12.5. The lowest BCUT2D eigenvalue weighted by Gasteiger charge is -2.11. The van der Waals surface area contributed by atoms with Crippen molar-refractivity contribution >= 4 is 23.2 Å². The summed E-state index contributed by atoms with van der Waals surface area (Å²) in [5, 5.41) is 0.472. The molecule has 0 spiro atoms. The zero-order valence-corrected chi connectivity index (χ0v) is 10.5. The number of halogens is 2. The zero-order chi connectivity index (χ0) is 11.8. The summed E-state index contributed by atoms with van der Waals surface area (Å²) in [6.45, 7) is 0.550. The molecule has 0 N–H and O–H groups in total. The van der Waals surface area contributed by atoms with Crippen LogP contribution >= 0.6 is 23.2 Å². The lowest BCUT2D eigenvalue weighted by atomic mass is 10.0. The van der Waals surface area contributed by atoms with Crippen LogP contribution in [0.15, 0.2) is 42.5 Å². The first kappa shape index (κ1) is 10.9. The molecule has 0 saturated heterocycles. The number of rotatable bonds is 0. The van der Waals surface area contributed by atoms with E-state index in [2.05, 4.69) is 0 Å². The quantitative estimate of drug-likeness (QED) is 0.634. The molecule has 0 aromatic heterocycles. The van der Waals surface area contributed by atoms with E-state index in [0.717, 1.165) is 22.4 Å². The van der Waals surface area contributed by atoms with Crippen LogP contribution in [0.1, 0.15) is 22.1 Å². The molecule has 3 heteroatoms. The second-order valence-electron chi connectivity index (χ2n) is 4.03. The Morgan fingerprint density at radius 3 is 2.76 bits per heavy atom. The fraction of sp³-hybridized carbons (Fsp3) is 0.143. The second-order valence-corrected chi connectivity index (χ2v) is 4.91. The Labute approximate surface area is 110 Å². The van der Waals surface area contributed by atoms with Gasteiger partial charge in [0.1, 0.15) is 12.4 Å². The highest BCUT2D eigenvalue weighted by molar-refractivity contribution is 6.31. The molecule has 1 aliphatic heterocycles. The Bertz CT molecular complexity index is 566. The summed E-state index contributed by atoms with van der Waals surface area (Å²) in [6.07, 6.45) is 0. The molecule has 0 saturated carbocycles. The molecule has 1 nitrogen and oxygen atoms in total. The Morgan fingerprint density at radius 1 is 1.06 bits per heavy atom. The van der Waals surface area contributed by atoms with Crippen molar-refractivity contribution in [2.45, 2.75) is 12.0 Å². The summed E-state index contributed by atoms with van der Waals surface area (Å²) in [4.78, 5) is 0. The second kappa shape index (κ2) is 4.25. The molecule has 1 unspecified atom stereocenters. The molecule has 1 aliphatic rings. The van der Waals surface area contributed by atoms with Crippen molar-refractivity contribution in [3.63, 3.8) is 0 Å². The number of fused-ring (bicyclic) bond motifs is 2. The van der Waals surface area contributed by atoms with Crippen LogP contribution in [0.3, 0.4) is 0 Å². The van der Waals surface area contributed by atoms with Gasteiger partial charge in [-0.15, -0.1) is 11.6 Å². The normalized spacial score (nSPS) is 17.6. The van der Waals surface area contributed by atoms with Crippen molar-refractivity contribution in [3.05, 3.63) is 64.2 Å². The van der Waals surface area contributed by atoms with Crippen molar-refractivity contribution in [2.24, 2.45) is 0 Å². The van der Waals surface area contributed by atoms with E-state index >= 15 is 0 Å². The van der Waals surface area contributed by atoms with Gasteiger partial charge in [0.25, 0.3) is 0 Å². The predicted molar refractivity (Wildman–Crippen MR) is 69.9 cm³/mol. The maximum atomic E-state index is 6.52. The number of hydrogen-bond donors (Lipinski definition) is 0. The molecule has 0 bridgehead atoms. The fourth-order valence-electron chi connectivity index (χ4n) is 2.08. The van der Waals surface area contributed by atoms with Crippen LogP contribution in [-0.4, -0.2) is 0 Å². The minimum absolute atomic E-state index is 0.206. The van der Waals surface area contributed by atoms with Gasteiger partial charge in [0.2, 0.25) is 0 Å². The predicted octanol–water partition coefficient (Wildman–Crippen LogP) is 4.56. The molecular weight excluding hydrogens is 255 g/mol. The highest BCUT2D eigenvalue weighted by Crippen LogP contribution is 2.40. The van der Waals surface area contributed by atoms with Crippen LogP contribution < -0.4 is 4.74 Å². The summed E-state index contributed by atoms with van der Waals surface area (Å²) < 4.78 is 5.76. The van der Waals surface area contributed by atoms with Crippen LogP contribution in [0, 0.1) is 0 Å². The lowest BCUT2D eigenvalue weighted by molar-refractivity contribution is 0.307. The Balaban J connectivity index is 2.18. The number of hydrogen-bond acceptors (Lipinski definition) is 1. The van der Waals surface area contributed by atoms with E-state index in [1.54, 1.807) is 0 Å². The maximum Gasteiger partial charge on any atom is 0.124 e. The first-order valence-electron chi connectivity index (χ1n) is 5.40. The first-order chi connectivity index (χ1) is 8.25. The van der Waals surface area contributed by atoms with Gasteiger partial charge in [-0.05, 0) is 29.3 Å². The molecule has 0 radical (unpaired) electrons. The minimum atomic E-state index is -0.206. The van der Waals surface area contributed by atoms with E-state index in [-0.39, 0.29) is 5.38 Å². The van der Waals surface area contributed by atoms with Gasteiger partial charge in [-0.1, -0.05) is 35.9 Å². The van der Waals surface area contributed by atoms with Gasteiger partial charge >= 0.3 is 0 Å². The Morgan fingerprint density at radius 2 is 1.88 bits per heavy atom. The third-order valence-electron chi connectivity index (χ3n) is 2.96. The topological polar surface area (TPSA) is 9.23 Å². The van der Waals surface area contributed by atoms with Gasteiger partial charge < -0.3 is 4.74 Å². The minimum Gasteiger partial charge on any atom is -0.489 e. The molecule has 3 rings (SSSR count). The third kappa shape index (κ3) is 1.90. The summed E-state index contributed by atoms with van der Waals surface area (Å²) in [5.74, 6) is 0.811. The number of benzene rings is 2. The van der Waals surface area contributed by atoms with Crippen molar-refractivity contribution < 1.29 is 4.74 Å². The van der Waals surface area contributed by atoms with Crippen molar-refractivity contribution in [2.75, 3.05) is 0 Å². The maximum absolute atomic E-state index is 6.52. The molecule has 1 atom stereocenters. The van der Waals surface area contributed by atoms with Gasteiger partial charge in [-0.3, -0.25) is 0 Å².